The predicted molar refractivity (Wildman–Crippen MR) is 186 cm³/mol. The van der Waals surface area contributed by atoms with Crippen LogP contribution in [0.25, 0.3) is 0 Å². The van der Waals surface area contributed by atoms with Gasteiger partial charge in [0.05, 0.1) is 30.0 Å². The first-order chi connectivity index (χ1) is 23.0. The van der Waals surface area contributed by atoms with Gasteiger partial charge in [-0.3, -0.25) is 14.3 Å². The van der Waals surface area contributed by atoms with E-state index in [1.165, 1.54) is 0 Å². The number of aliphatic hydroxyl groups is 1. The Labute approximate surface area is 280 Å². The van der Waals surface area contributed by atoms with E-state index >= 15 is 4.11 Å². The van der Waals surface area contributed by atoms with E-state index in [2.05, 4.69) is 22.2 Å². The van der Waals surface area contributed by atoms with Crippen LogP contribution >= 0.6 is 0 Å². The second-order valence-electron chi connectivity index (χ2n) is 13.1. The number of hydrogen-bond donors (Lipinski definition) is 3. The monoisotopic (exact) mass is 668 g/mol. The first kappa shape index (κ1) is 33.3. The molecule has 3 heterocycles. The molecule has 2 aliphatic heterocycles. The summed E-state index contributed by atoms with van der Waals surface area (Å²) in [7, 11) is -3.40. The Morgan fingerprint density at radius 2 is 1.92 bits per heavy atom. The van der Waals surface area contributed by atoms with Gasteiger partial charge in [-0.05, 0) is 67.5 Å². The molecule has 4 aromatic rings. The Morgan fingerprint density at radius 3 is 2.58 bits per heavy atom. The van der Waals surface area contributed by atoms with Gasteiger partial charge < -0.3 is 29.9 Å². The number of carbonyl (C=O) groups excluding carboxylic acids is 2. The van der Waals surface area contributed by atoms with Crippen molar-refractivity contribution in [2.24, 2.45) is 5.92 Å². The summed E-state index contributed by atoms with van der Waals surface area (Å²) in [6.45, 7) is 9.58. The van der Waals surface area contributed by atoms with E-state index in [4.69, 9.17) is 10.5 Å². The van der Waals surface area contributed by atoms with Gasteiger partial charge in [0, 0.05) is 53.2 Å². The number of fused-ring (bicyclic) bond motifs is 2. The van der Waals surface area contributed by atoms with Crippen LogP contribution in [0, 0.1) is 5.92 Å². The van der Waals surface area contributed by atoms with Gasteiger partial charge in [-0.1, -0.05) is 48.5 Å². The van der Waals surface area contributed by atoms with Crippen molar-refractivity contribution in [1.82, 2.24) is 15.0 Å². The zero-order chi connectivity index (χ0) is 34.2. The highest BCUT2D eigenvalue weighted by Crippen LogP contribution is 2.60. The molecule has 0 radical (unpaired) electrons. The number of rotatable bonds is 11. The maximum absolute atomic E-state index is 16.3. The van der Waals surface area contributed by atoms with E-state index in [1.54, 1.807) is 77.4 Å². The Morgan fingerprint density at radius 1 is 1.19 bits per heavy atom. The highest BCUT2D eigenvalue weighted by molar-refractivity contribution is 6.72. The summed E-state index contributed by atoms with van der Waals surface area (Å²) in [4.78, 5) is 29.1. The van der Waals surface area contributed by atoms with Crippen molar-refractivity contribution in [3.05, 3.63) is 114 Å². The molecule has 5 atom stereocenters. The van der Waals surface area contributed by atoms with Crippen LogP contribution in [0.3, 0.4) is 0 Å². The fourth-order valence-corrected chi connectivity index (χ4v) is 9.98. The number of nitrogens with zero attached hydrogens (tertiary/aromatic N) is 4. The van der Waals surface area contributed by atoms with Crippen LogP contribution in [0.15, 0.2) is 91.6 Å². The molecule has 6 rings (SSSR count). The number of amides is 2. The van der Waals surface area contributed by atoms with Crippen LogP contribution in [-0.2, 0) is 21.7 Å². The van der Waals surface area contributed by atoms with E-state index in [9.17, 15) is 14.7 Å². The van der Waals surface area contributed by atoms with Crippen molar-refractivity contribution < 1.29 is 23.5 Å². The topological polar surface area (TPSA) is 136 Å². The molecule has 3 aromatic carbocycles. The molecule has 2 aliphatic rings. The fourth-order valence-electron chi connectivity index (χ4n) is 7.44. The molecular formula is C36H41FN6O4Si. The fraction of sp³-hybridized carbons (Fsp3) is 0.333. The lowest BCUT2D eigenvalue weighted by Gasteiger charge is -2.31. The molecule has 1 spiro atoms. The number of nitrogen functional groups attached to an aromatic ring is 1. The smallest absolute Gasteiger partial charge is 0.264 e. The molecule has 0 saturated carbocycles. The lowest BCUT2D eigenvalue weighted by Crippen LogP contribution is -2.45. The van der Waals surface area contributed by atoms with Crippen LogP contribution < -0.4 is 16.0 Å². The van der Waals surface area contributed by atoms with Crippen molar-refractivity contribution in [2.75, 3.05) is 29.1 Å². The normalized spacial score (nSPS) is 22.6. The third kappa shape index (κ3) is 5.95. The molecule has 1 fully saturated rings. The highest BCUT2D eigenvalue weighted by atomic mass is 28.4. The Hall–Kier alpha value is -4.65. The number of halogens is 1. The van der Waals surface area contributed by atoms with E-state index < -0.39 is 31.6 Å². The van der Waals surface area contributed by atoms with Crippen LogP contribution in [-0.4, -0.2) is 59.6 Å². The quantitative estimate of drug-likeness (QED) is 0.0816. The summed E-state index contributed by atoms with van der Waals surface area (Å²) in [6.07, 6.45) is 3.26. The Kier molecular flexibility index (Phi) is 9.07. The number of benzene rings is 3. The number of ether oxygens (including phenoxy) is 1. The molecule has 12 heteroatoms. The van der Waals surface area contributed by atoms with Crippen molar-refractivity contribution >= 4 is 37.3 Å². The van der Waals surface area contributed by atoms with Gasteiger partial charge in [-0.25, -0.2) is 0 Å². The molecular weight excluding hydrogens is 628 g/mol. The van der Waals surface area contributed by atoms with Crippen LogP contribution in [0.1, 0.15) is 46.4 Å². The van der Waals surface area contributed by atoms with E-state index in [-0.39, 0.29) is 30.9 Å². The van der Waals surface area contributed by atoms with Gasteiger partial charge >= 0.3 is 0 Å². The standard InChI is InChI=1S/C36H41FN6O4Si/c1-5-18-43-31-16-15-27(39-34(45)25-11-13-26(38)14-12-25)20-29(31)36(35(43)46)23(2)33(48(3,4)37)32(47-36)17-19-42-21-30(40-41-42)28(22-44)24-9-7-6-8-10-24/h5-16,20-21,23,28,32-33,44H,1,17-19,22,38H2,2-4H3,(H,39,45)/t23-,28?,32+,33-,36+/m0/s1. The minimum atomic E-state index is -3.40. The van der Waals surface area contributed by atoms with Crippen LogP contribution in [0.2, 0.25) is 18.6 Å². The number of nitrogens with two attached hydrogens (primary N) is 1. The SMILES string of the molecule is C=CCN1C(=O)[C@]2(O[C@H](CCn3cc(C(CO)c4ccccc4)nn3)[C@@H]([Si](C)(C)F)[C@@H]2C)c2cc(NC(=O)c3ccc(N)cc3)ccc21. The first-order valence-electron chi connectivity index (χ1n) is 16.1. The number of aryl methyl sites for hydroxylation is 1. The molecule has 2 amide bonds. The third-order valence-electron chi connectivity index (χ3n) is 9.64. The molecule has 4 N–H and O–H groups in total. The van der Waals surface area contributed by atoms with Crippen molar-refractivity contribution in [3.63, 3.8) is 0 Å². The summed E-state index contributed by atoms with van der Waals surface area (Å²) in [5.74, 6) is -1.42. The molecule has 1 aromatic heterocycles. The maximum Gasteiger partial charge on any atom is 0.264 e. The maximum atomic E-state index is 16.3. The molecule has 1 unspecified atom stereocenters. The summed E-state index contributed by atoms with van der Waals surface area (Å²) >= 11 is 0. The van der Waals surface area contributed by atoms with E-state index in [1.807, 2.05) is 37.3 Å². The van der Waals surface area contributed by atoms with Crippen molar-refractivity contribution in [3.8, 4) is 0 Å². The average Bonchev–Trinajstić information content (AvgIpc) is 3.71. The minimum Gasteiger partial charge on any atom is -0.399 e. The summed E-state index contributed by atoms with van der Waals surface area (Å²) in [5, 5.41) is 21.7. The Balaban J connectivity index is 1.30. The second-order valence-corrected chi connectivity index (χ2v) is 16.9. The summed E-state index contributed by atoms with van der Waals surface area (Å²) in [5.41, 5.74) is 8.10. The molecule has 10 nitrogen and oxygen atoms in total. The zero-order valence-corrected chi connectivity index (χ0v) is 28.3. The minimum absolute atomic E-state index is 0.122. The lowest BCUT2D eigenvalue weighted by atomic mass is 9.82. The van der Waals surface area contributed by atoms with Gasteiger partial charge in [-0.15, -0.1) is 11.7 Å². The van der Waals surface area contributed by atoms with Gasteiger partial charge in [0.2, 0.25) is 8.41 Å². The van der Waals surface area contributed by atoms with Crippen molar-refractivity contribution in [2.45, 2.75) is 56.1 Å². The molecule has 0 bridgehead atoms. The number of aliphatic hydroxyl groups excluding tert-OH is 1. The summed E-state index contributed by atoms with van der Waals surface area (Å²) in [6, 6.07) is 21.5. The predicted octanol–water partition coefficient (Wildman–Crippen LogP) is 5.63. The van der Waals surface area contributed by atoms with Gasteiger partial charge in [0.1, 0.15) is 0 Å². The second kappa shape index (κ2) is 13.1. The number of anilines is 3. The number of carbonyl (C=O) groups is 2. The third-order valence-corrected chi connectivity index (χ3v) is 12.1. The Bertz CT molecular complexity index is 1810. The van der Waals surface area contributed by atoms with E-state index in [0.717, 1.165) is 5.56 Å². The summed E-state index contributed by atoms with van der Waals surface area (Å²) < 4.78 is 24.8. The van der Waals surface area contributed by atoms with Gasteiger partial charge in [0.15, 0.2) is 5.60 Å². The molecule has 0 aliphatic carbocycles. The van der Waals surface area contributed by atoms with Gasteiger partial charge in [-0.2, -0.15) is 0 Å². The number of hydrogen-bond acceptors (Lipinski definition) is 7. The lowest BCUT2D eigenvalue weighted by molar-refractivity contribution is -0.145. The largest absolute Gasteiger partial charge is 0.399 e. The number of aromatic nitrogens is 3. The van der Waals surface area contributed by atoms with E-state index in [0.29, 0.717) is 46.8 Å². The first-order valence-corrected chi connectivity index (χ1v) is 19.1. The van der Waals surface area contributed by atoms with Crippen molar-refractivity contribution in [1.29, 1.82) is 0 Å². The molecule has 48 heavy (non-hydrogen) atoms. The average molecular weight is 669 g/mol. The highest BCUT2D eigenvalue weighted by Gasteiger charge is 2.66. The van der Waals surface area contributed by atoms with Crippen LogP contribution in [0.4, 0.5) is 21.2 Å². The van der Waals surface area contributed by atoms with Gasteiger partial charge in [0.25, 0.3) is 11.8 Å². The number of nitrogens with one attached hydrogen (secondary N) is 1. The molecule has 1 saturated heterocycles. The van der Waals surface area contributed by atoms with Crippen LogP contribution in [0.5, 0.6) is 0 Å². The molecule has 250 valence electrons. The zero-order valence-electron chi connectivity index (χ0n) is 27.3.